The third-order valence-corrected chi connectivity index (χ3v) is 26.4. The summed E-state index contributed by atoms with van der Waals surface area (Å²) < 4.78 is 46.1. The van der Waals surface area contributed by atoms with Gasteiger partial charge in [-0.15, -0.1) is 0 Å². The number of aromatic nitrogens is 1. The molecule has 11 heteroatoms. The lowest BCUT2D eigenvalue weighted by molar-refractivity contribution is 0.360. The van der Waals surface area contributed by atoms with Crippen molar-refractivity contribution in [2.75, 3.05) is 14.7 Å². The highest BCUT2D eigenvalue weighted by molar-refractivity contribution is 6.10. The summed E-state index contributed by atoms with van der Waals surface area (Å²) in [5.41, 5.74) is 28.3. The zero-order valence-electron chi connectivity index (χ0n) is 74.6. The van der Waals surface area contributed by atoms with Gasteiger partial charge in [-0.3, -0.25) is 0 Å². The molecule has 0 N–H and O–H groups in total. The minimum absolute atomic E-state index is 0.510. The van der Waals surface area contributed by atoms with Crippen LogP contribution in [0.2, 0.25) is 0 Å². The van der Waals surface area contributed by atoms with Crippen LogP contribution < -0.4 is 43.1 Å². The summed E-state index contributed by atoms with van der Waals surface area (Å²) in [6.07, 6.45) is 0. The van der Waals surface area contributed by atoms with E-state index in [-0.39, 0.29) is 0 Å². The highest BCUT2D eigenvalue weighted by atomic mass is 16.6. The van der Waals surface area contributed by atoms with Crippen LogP contribution in [0.5, 0.6) is 69.0 Å². The molecule has 3 aliphatic heterocycles. The fourth-order valence-electron chi connectivity index (χ4n) is 20.0. The number of rotatable bonds is 15. The van der Waals surface area contributed by atoms with Gasteiger partial charge < -0.3 is 52.1 Å². The van der Waals surface area contributed by atoms with Crippen LogP contribution in [0.25, 0.3) is 93.9 Å². The molecule has 0 saturated heterocycles. The van der Waals surface area contributed by atoms with Gasteiger partial charge in [-0.05, 0) is 243 Å². The van der Waals surface area contributed by atoms with Crippen LogP contribution in [-0.4, -0.2) is 4.57 Å². The molecule has 0 spiro atoms. The Labute approximate surface area is 798 Å². The first-order valence-electron chi connectivity index (χ1n) is 46.4. The third-order valence-electron chi connectivity index (χ3n) is 26.4. The van der Waals surface area contributed by atoms with Gasteiger partial charge in [0, 0.05) is 85.6 Å². The number of ether oxygens (including phenoxy) is 6. The SMILES string of the molecule is c1ccc(-c2ccc(N(c3ccc(-n4c5ccccc5c5ccccc54)cc3)c3ccc4c(c3)Oc3ccccc3O4)cc2)cc1.c1ccc(-c2ccc(N(c3ccc4c(c3)Oc3ccccc3O4)c3ccc4c(c3)C(c3ccccc3)(c3ccccc3)c3ccccc3-4)cc2)cc1.c1ccc(-c2ccc(N(c3ccc4c(c3)Oc3ccccc3O4)c3ccc4c(c3)oc3ccccc34)cc2)cc1. The largest absolute Gasteiger partial charge is 0.456 e. The predicted molar refractivity (Wildman–Crippen MR) is 558 cm³/mol. The molecular formula is C127H84N4O7. The van der Waals surface area contributed by atoms with Crippen LogP contribution in [0.3, 0.4) is 0 Å². The Kier molecular flexibility index (Phi) is 20.6. The van der Waals surface area contributed by atoms with E-state index in [1.54, 1.807) is 0 Å². The smallest absolute Gasteiger partial charge is 0.172 e. The minimum Gasteiger partial charge on any atom is -0.456 e. The molecule has 27 rings (SSSR count). The van der Waals surface area contributed by atoms with E-state index in [2.05, 4.69) is 401 Å². The first-order valence-corrected chi connectivity index (χ1v) is 46.4. The number of para-hydroxylation sites is 9. The monoisotopic (exact) mass is 1780 g/mol. The van der Waals surface area contributed by atoms with E-state index < -0.39 is 5.41 Å². The Morgan fingerprint density at radius 1 is 0.174 bits per heavy atom. The van der Waals surface area contributed by atoms with Crippen molar-refractivity contribution in [3.8, 4) is 119 Å². The summed E-state index contributed by atoms with van der Waals surface area (Å²) in [6, 6.07) is 177. The van der Waals surface area contributed by atoms with Crippen molar-refractivity contribution in [1.29, 1.82) is 0 Å². The van der Waals surface area contributed by atoms with E-state index in [0.29, 0.717) is 63.2 Å². The van der Waals surface area contributed by atoms with E-state index >= 15 is 0 Å². The maximum atomic E-state index is 6.43. The van der Waals surface area contributed by atoms with Gasteiger partial charge in [-0.25, -0.2) is 0 Å². The van der Waals surface area contributed by atoms with Crippen molar-refractivity contribution >= 4 is 94.9 Å². The van der Waals surface area contributed by atoms with Gasteiger partial charge in [0.05, 0.1) is 33.5 Å². The highest BCUT2D eigenvalue weighted by Gasteiger charge is 2.47. The average molecular weight is 1780 g/mol. The molecule has 654 valence electrons. The van der Waals surface area contributed by atoms with Gasteiger partial charge in [-0.2, -0.15) is 0 Å². The van der Waals surface area contributed by atoms with Gasteiger partial charge in [0.2, 0.25) is 0 Å². The van der Waals surface area contributed by atoms with Crippen LogP contribution in [0, 0.1) is 0 Å². The summed E-state index contributed by atoms with van der Waals surface area (Å²) in [6.45, 7) is 0. The standard InChI is InChI=1S/C49H33NO2.C42H28N2O2.C36H23NO3/c1-4-14-34(15-5-1)35-24-26-38(27-25-35)50(40-29-31-47-48(33-40)52-46-23-13-12-22-45(46)51-47)39-28-30-42-41-20-10-11-21-43(41)49(44(42)32-39,36-16-6-2-7-17-36)37-18-8-3-9-19-37;1-2-10-29(11-3-1)30-18-20-31(21-19-30)43(34-26-27-41-42(28-34)46-40-17-9-8-16-39(40)45-41)32-22-24-33(25-23-32)44-37-14-6-4-12-35(37)36-13-5-7-15-38(36)44;1-2-8-24(9-3-1)25-14-16-26(17-15-25)37(27-18-20-30-29-10-4-5-11-31(29)38-35(30)22-27)28-19-21-34-36(23-28)40-33-13-7-6-12-32(33)39-34/h1-33H;1-28H;1-23H. The Morgan fingerprint density at radius 3 is 0.884 bits per heavy atom. The van der Waals surface area contributed by atoms with Crippen molar-refractivity contribution in [1.82, 2.24) is 4.57 Å². The molecule has 2 aromatic heterocycles. The Balaban J connectivity index is 0.000000111. The maximum absolute atomic E-state index is 6.43. The fourth-order valence-corrected chi connectivity index (χ4v) is 20.0. The molecule has 0 atom stereocenters. The number of anilines is 9. The molecule has 21 aromatic carbocycles. The number of hydrogen-bond acceptors (Lipinski definition) is 10. The molecule has 138 heavy (non-hydrogen) atoms. The summed E-state index contributed by atoms with van der Waals surface area (Å²) >= 11 is 0. The molecule has 11 nitrogen and oxygen atoms in total. The normalized spacial score (nSPS) is 12.3. The Hall–Kier alpha value is -18.6. The van der Waals surface area contributed by atoms with Gasteiger partial charge >= 0.3 is 0 Å². The van der Waals surface area contributed by atoms with Gasteiger partial charge in [0.15, 0.2) is 69.0 Å². The average Bonchev–Trinajstić information content (AvgIpc) is 1.53. The zero-order valence-corrected chi connectivity index (χ0v) is 74.6. The number of nitrogens with zero attached hydrogens (tertiary/aromatic N) is 4. The van der Waals surface area contributed by atoms with E-state index in [1.165, 1.54) is 83.0 Å². The van der Waals surface area contributed by atoms with Crippen molar-refractivity contribution in [3.63, 3.8) is 0 Å². The summed E-state index contributed by atoms with van der Waals surface area (Å²) in [5, 5.41) is 4.71. The third kappa shape index (κ3) is 14.8. The quantitative estimate of drug-likeness (QED) is 0.0990. The molecule has 0 bridgehead atoms. The molecule has 0 amide bonds. The lowest BCUT2D eigenvalue weighted by Gasteiger charge is -2.35. The molecule has 1 aliphatic carbocycles. The Morgan fingerprint density at radius 2 is 0.457 bits per heavy atom. The first-order chi connectivity index (χ1) is 68.4. The molecular weight excluding hydrogens is 1690 g/mol. The second-order valence-electron chi connectivity index (χ2n) is 34.5. The fraction of sp³-hybridized carbons (Fsp3) is 0.00787. The number of fused-ring (bicyclic) bond motifs is 15. The summed E-state index contributed by atoms with van der Waals surface area (Å²) in [7, 11) is 0. The number of hydrogen-bond donors (Lipinski definition) is 0. The first kappa shape index (κ1) is 81.4. The number of furan rings is 1. The van der Waals surface area contributed by atoms with Gasteiger partial charge in [0.25, 0.3) is 0 Å². The van der Waals surface area contributed by atoms with Gasteiger partial charge in [-0.1, -0.05) is 309 Å². The number of benzene rings is 21. The molecule has 5 heterocycles. The molecule has 0 unspecified atom stereocenters. The van der Waals surface area contributed by atoms with Crippen LogP contribution in [0.1, 0.15) is 22.3 Å². The van der Waals surface area contributed by atoms with Crippen LogP contribution in [0.15, 0.2) is 514 Å². The Bertz CT molecular complexity index is 8420. The maximum Gasteiger partial charge on any atom is 0.172 e. The summed E-state index contributed by atoms with van der Waals surface area (Å²) in [5.74, 6) is 8.38. The molecule has 0 saturated carbocycles. The van der Waals surface area contributed by atoms with Crippen molar-refractivity contribution in [2.45, 2.75) is 5.41 Å². The second-order valence-corrected chi connectivity index (χ2v) is 34.5. The molecule has 0 radical (unpaired) electrons. The second kappa shape index (κ2) is 34.9. The lowest BCUT2D eigenvalue weighted by atomic mass is 9.67. The zero-order chi connectivity index (χ0) is 91.4. The van der Waals surface area contributed by atoms with Crippen LogP contribution in [-0.2, 0) is 5.41 Å². The van der Waals surface area contributed by atoms with E-state index in [9.17, 15) is 0 Å². The lowest BCUT2D eigenvalue weighted by Crippen LogP contribution is -2.28. The topological polar surface area (TPSA) is 83.2 Å². The van der Waals surface area contributed by atoms with Crippen molar-refractivity contribution in [2.24, 2.45) is 0 Å². The van der Waals surface area contributed by atoms with Crippen LogP contribution >= 0.6 is 0 Å². The van der Waals surface area contributed by atoms with E-state index in [4.69, 9.17) is 32.8 Å². The van der Waals surface area contributed by atoms with Gasteiger partial charge in [0.1, 0.15) is 11.2 Å². The molecule has 23 aromatic rings. The van der Waals surface area contributed by atoms with Crippen molar-refractivity contribution < 1.29 is 32.8 Å². The highest BCUT2D eigenvalue weighted by Crippen LogP contribution is 2.59. The molecule has 4 aliphatic rings. The molecule has 0 fully saturated rings. The van der Waals surface area contributed by atoms with E-state index in [0.717, 1.165) is 90.1 Å². The predicted octanol–water partition coefficient (Wildman–Crippen LogP) is 35.5. The van der Waals surface area contributed by atoms with Crippen LogP contribution in [0.4, 0.5) is 51.2 Å². The van der Waals surface area contributed by atoms with Crippen molar-refractivity contribution in [3.05, 3.63) is 532 Å². The summed E-state index contributed by atoms with van der Waals surface area (Å²) in [4.78, 5) is 6.79. The minimum atomic E-state index is -0.510. The van der Waals surface area contributed by atoms with E-state index in [1.807, 2.05) is 127 Å².